The van der Waals surface area contributed by atoms with Crippen LogP contribution in [0.1, 0.15) is 11.1 Å². The van der Waals surface area contributed by atoms with Crippen molar-refractivity contribution in [3.63, 3.8) is 0 Å². The summed E-state index contributed by atoms with van der Waals surface area (Å²) in [7, 11) is 0. The van der Waals surface area contributed by atoms with E-state index in [1.54, 1.807) is 6.07 Å². The third-order valence-corrected chi connectivity index (χ3v) is 2.19. The van der Waals surface area contributed by atoms with Crippen molar-refractivity contribution in [1.29, 1.82) is 0 Å². The molecule has 1 N–H and O–H groups in total. The smallest absolute Gasteiger partial charge is 0.122 e. The van der Waals surface area contributed by atoms with Crippen molar-refractivity contribution in [2.24, 2.45) is 0 Å². The Morgan fingerprint density at radius 3 is 2.06 bits per heavy atom. The molecule has 0 aromatic heterocycles. The van der Waals surface area contributed by atoms with Crippen LogP contribution >= 0.6 is 0 Å². The van der Waals surface area contributed by atoms with Gasteiger partial charge in [0.15, 0.2) is 0 Å². The third kappa shape index (κ3) is 3.95. The molecule has 2 heteroatoms. The number of hydrogen-bond donors (Lipinski definition) is 1. The minimum atomic E-state index is 0.310. The zero-order valence-corrected chi connectivity index (χ0v) is 9.41. The lowest BCUT2D eigenvalue weighted by Crippen LogP contribution is -1.73. The lowest BCUT2D eigenvalue weighted by atomic mass is 10.1. The second-order valence-electron chi connectivity index (χ2n) is 3.30. The van der Waals surface area contributed by atoms with E-state index in [9.17, 15) is 5.11 Å². The van der Waals surface area contributed by atoms with E-state index in [-0.39, 0.29) is 0 Å². The Hall–Kier alpha value is -2.35. The van der Waals surface area contributed by atoms with Crippen LogP contribution in [-0.4, -0.2) is 11.9 Å². The van der Waals surface area contributed by atoms with Gasteiger partial charge in [-0.15, -0.1) is 0 Å². The molecule has 0 aliphatic rings. The first-order valence-electron chi connectivity index (χ1n) is 5.16. The molecule has 0 saturated carbocycles. The van der Waals surface area contributed by atoms with Crippen molar-refractivity contribution in [1.82, 2.24) is 0 Å². The Balaban J connectivity index is 0.000000686. The highest BCUT2D eigenvalue weighted by molar-refractivity contribution is 5.72. The fraction of sp³-hybridized carbons (Fsp3) is 0. The minimum absolute atomic E-state index is 0.310. The van der Waals surface area contributed by atoms with Gasteiger partial charge in [0.2, 0.25) is 0 Å². The zero-order valence-electron chi connectivity index (χ0n) is 9.41. The molecule has 0 bridgehead atoms. The molecule has 2 rings (SSSR count). The molecule has 0 radical (unpaired) electrons. The highest BCUT2D eigenvalue weighted by Gasteiger charge is 1.93. The number of phenols is 1. The Morgan fingerprint density at radius 2 is 1.41 bits per heavy atom. The molecule has 0 aliphatic heterocycles. The van der Waals surface area contributed by atoms with Gasteiger partial charge in [-0.2, -0.15) is 0 Å². The van der Waals surface area contributed by atoms with Gasteiger partial charge in [-0.25, -0.2) is 0 Å². The Labute approximate surface area is 101 Å². The van der Waals surface area contributed by atoms with Crippen molar-refractivity contribution in [2.75, 3.05) is 0 Å². The Kier molecular flexibility index (Phi) is 5.25. The predicted molar refractivity (Wildman–Crippen MR) is 70.6 cm³/mol. The number of hydrogen-bond acceptors (Lipinski definition) is 2. The normalized spacial score (nSPS) is 9.65. The number of benzene rings is 2. The Bertz CT molecular complexity index is 475. The van der Waals surface area contributed by atoms with E-state index >= 15 is 0 Å². The number of carbonyl (C=O) groups is 1. The third-order valence-electron chi connectivity index (χ3n) is 2.19. The molecule has 86 valence electrons. The molecular formula is C15H14O2. The highest BCUT2D eigenvalue weighted by atomic mass is 16.3. The first-order chi connectivity index (χ1) is 8.36. The second-order valence-corrected chi connectivity index (χ2v) is 3.30. The van der Waals surface area contributed by atoms with Crippen LogP contribution in [0.2, 0.25) is 0 Å². The van der Waals surface area contributed by atoms with Gasteiger partial charge in [0.1, 0.15) is 12.5 Å². The number of aromatic hydroxyl groups is 1. The topological polar surface area (TPSA) is 37.3 Å². The van der Waals surface area contributed by atoms with Gasteiger partial charge in [-0.05, 0) is 11.6 Å². The molecule has 0 spiro atoms. The van der Waals surface area contributed by atoms with Crippen molar-refractivity contribution in [2.45, 2.75) is 0 Å². The van der Waals surface area contributed by atoms with Crippen LogP contribution in [0.15, 0.2) is 54.6 Å². The fourth-order valence-corrected chi connectivity index (χ4v) is 1.38. The van der Waals surface area contributed by atoms with E-state index in [1.165, 1.54) is 0 Å². The van der Waals surface area contributed by atoms with Crippen LogP contribution in [-0.2, 0) is 4.79 Å². The average Bonchev–Trinajstić information content (AvgIpc) is 2.41. The predicted octanol–water partition coefficient (Wildman–Crippen LogP) is 3.38. The van der Waals surface area contributed by atoms with Crippen molar-refractivity contribution in [3.8, 4) is 5.75 Å². The van der Waals surface area contributed by atoms with Crippen LogP contribution in [0.4, 0.5) is 0 Å². The monoisotopic (exact) mass is 226 g/mol. The summed E-state index contributed by atoms with van der Waals surface area (Å²) >= 11 is 0. The zero-order chi connectivity index (χ0) is 12.5. The first-order valence-corrected chi connectivity index (χ1v) is 5.16. The van der Waals surface area contributed by atoms with Crippen LogP contribution in [0, 0.1) is 0 Å². The number of phenolic OH excluding ortho intramolecular Hbond substituents is 1. The van der Waals surface area contributed by atoms with Crippen molar-refractivity contribution >= 4 is 18.9 Å². The van der Waals surface area contributed by atoms with Crippen molar-refractivity contribution in [3.05, 3.63) is 65.7 Å². The van der Waals surface area contributed by atoms with Crippen LogP contribution in [0.5, 0.6) is 5.75 Å². The summed E-state index contributed by atoms with van der Waals surface area (Å²) in [5, 5.41) is 9.54. The molecule has 17 heavy (non-hydrogen) atoms. The maximum atomic E-state index is 9.54. The summed E-state index contributed by atoms with van der Waals surface area (Å²) in [6.45, 7) is 2.00. The summed E-state index contributed by atoms with van der Waals surface area (Å²) in [6.07, 6.45) is 3.89. The molecule has 0 fully saturated rings. The van der Waals surface area contributed by atoms with Crippen LogP contribution in [0.25, 0.3) is 12.2 Å². The molecule has 0 saturated heterocycles. The maximum absolute atomic E-state index is 9.54. The fourth-order valence-electron chi connectivity index (χ4n) is 1.38. The Morgan fingerprint density at radius 1 is 0.824 bits per heavy atom. The molecule has 0 unspecified atom stereocenters. The number of carbonyl (C=O) groups excluding carboxylic acids is 1. The quantitative estimate of drug-likeness (QED) is 0.797. The van der Waals surface area contributed by atoms with Crippen molar-refractivity contribution < 1.29 is 9.90 Å². The SMILES string of the molecule is C=O.Oc1ccccc1C=Cc1ccccc1. The summed E-state index contributed by atoms with van der Waals surface area (Å²) in [5.41, 5.74) is 1.96. The largest absolute Gasteiger partial charge is 0.507 e. The molecule has 0 atom stereocenters. The molecule has 2 aromatic carbocycles. The van der Waals surface area contributed by atoms with Gasteiger partial charge in [-0.3, -0.25) is 0 Å². The molecule has 0 heterocycles. The van der Waals surface area contributed by atoms with E-state index in [2.05, 4.69) is 0 Å². The van der Waals surface area contributed by atoms with Gasteiger partial charge in [-0.1, -0.05) is 60.7 Å². The number of rotatable bonds is 2. The number of para-hydroxylation sites is 1. The van der Waals surface area contributed by atoms with Gasteiger partial charge in [0, 0.05) is 5.56 Å². The summed E-state index contributed by atoms with van der Waals surface area (Å²) in [4.78, 5) is 8.00. The lowest BCUT2D eigenvalue weighted by Gasteiger charge is -1.97. The van der Waals surface area contributed by atoms with Gasteiger partial charge < -0.3 is 9.90 Å². The maximum Gasteiger partial charge on any atom is 0.122 e. The molecule has 2 aromatic rings. The summed E-state index contributed by atoms with van der Waals surface area (Å²) < 4.78 is 0. The van der Waals surface area contributed by atoms with E-state index < -0.39 is 0 Å². The summed E-state index contributed by atoms with van der Waals surface area (Å²) in [5.74, 6) is 0.310. The minimum Gasteiger partial charge on any atom is -0.507 e. The molecule has 0 aliphatic carbocycles. The lowest BCUT2D eigenvalue weighted by molar-refractivity contribution is -0.0979. The van der Waals surface area contributed by atoms with Gasteiger partial charge in [0.05, 0.1) is 0 Å². The van der Waals surface area contributed by atoms with E-state index in [0.717, 1.165) is 11.1 Å². The van der Waals surface area contributed by atoms with Crippen LogP contribution in [0.3, 0.4) is 0 Å². The molecule has 2 nitrogen and oxygen atoms in total. The van der Waals surface area contributed by atoms with E-state index in [0.29, 0.717) is 5.75 Å². The second kappa shape index (κ2) is 7.01. The van der Waals surface area contributed by atoms with Gasteiger partial charge in [0.25, 0.3) is 0 Å². The van der Waals surface area contributed by atoms with Crippen LogP contribution < -0.4 is 0 Å². The summed E-state index contributed by atoms with van der Waals surface area (Å²) in [6, 6.07) is 17.3. The average molecular weight is 226 g/mol. The molecular weight excluding hydrogens is 212 g/mol. The first kappa shape index (κ1) is 12.7. The van der Waals surface area contributed by atoms with E-state index in [4.69, 9.17) is 4.79 Å². The van der Waals surface area contributed by atoms with E-state index in [1.807, 2.05) is 67.5 Å². The van der Waals surface area contributed by atoms with Gasteiger partial charge >= 0.3 is 0 Å². The standard InChI is InChI=1S/C14H12O.CH2O/c15-14-9-5-4-8-13(14)11-10-12-6-2-1-3-7-12;1-2/h1-11,15H;1H2. The molecule has 0 amide bonds. The highest BCUT2D eigenvalue weighted by Crippen LogP contribution is 2.18.